The molecule has 41 heavy (non-hydrogen) atoms. The molecule has 0 aliphatic carbocycles. The number of aryl methyl sites for hydroxylation is 1. The Morgan fingerprint density at radius 3 is 2.56 bits per heavy atom. The minimum Gasteiger partial charge on any atom is -0.369 e. The van der Waals surface area contributed by atoms with Gasteiger partial charge in [-0.1, -0.05) is 12.1 Å². The second-order valence-corrected chi connectivity index (χ2v) is 12.4. The number of piperazine rings is 1. The van der Waals surface area contributed by atoms with E-state index in [-0.39, 0.29) is 18.6 Å². The highest BCUT2D eigenvalue weighted by Crippen LogP contribution is 2.26. The van der Waals surface area contributed by atoms with E-state index < -0.39 is 10.0 Å². The van der Waals surface area contributed by atoms with Gasteiger partial charge in [-0.05, 0) is 49.9 Å². The summed E-state index contributed by atoms with van der Waals surface area (Å²) in [6.07, 6.45) is 4.27. The Balaban J connectivity index is 1.50. The van der Waals surface area contributed by atoms with Crippen LogP contribution in [-0.2, 0) is 23.1 Å². The predicted molar refractivity (Wildman–Crippen MR) is 162 cm³/mol. The zero-order valence-corrected chi connectivity index (χ0v) is 24.6. The van der Waals surface area contributed by atoms with E-state index >= 15 is 0 Å². The summed E-state index contributed by atoms with van der Waals surface area (Å²) in [5.41, 5.74) is 3.82. The number of pyridine rings is 1. The van der Waals surface area contributed by atoms with E-state index in [2.05, 4.69) is 57.8 Å². The summed E-state index contributed by atoms with van der Waals surface area (Å²) in [5.74, 6) is 0.761. The molecule has 1 aliphatic heterocycles. The number of sulfonamides is 1. The first-order valence-corrected chi connectivity index (χ1v) is 15.2. The number of nitrogens with zero attached hydrogens (tertiary/aromatic N) is 8. The van der Waals surface area contributed by atoms with Crippen molar-refractivity contribution < 1.29 is 8.42 Å². The van der Waals surface area contributed by atoms with Crippen LogP contribution >= 0.6 is 0 Å². The van der Waals surface area contributed by atoms with Gasteiger partial charge in [-0.25, -0.2) is 27.7 Å². The monoisotopic (exact) mass is 577 g/mol. The van der Waals surface area contributed by atoms with Crippen LogP contribution < -0.4 is 15.8 Å². The van der Waals surface area contributed by atoms with Gasteiger partial charge in [0.25, 0.3) is 5.56 Å². The Kier molecular flexibility index (Phi) is 7.93. The molecule has 12 nitrogen and oxygen atoms in total. The molecule has 3 aromatic heterocycles. The minimum atomic E-state index is -3.39. The van der Waals surface area contributed by atoms with Gasteiger partial charge in [0.1, 0.15) is 5.39 Å². The molecule has 1 aliphatic rings. The summed E-state index contributed by atoms with van der Waals surface area (Å²) < 4.78 is 28.2. The molecule has 1 fully saturated rings. The third-order valence-electron chi connectivity index (χ3n) is 7.23. The van der Waals surface area contributed by atoms with Crippen LogP contribution in [0.25, 0.3) is 16.9 Å². The predicted octanol–water partition coefficient (Wildman–Crippen LogP) is 2.36. The maximum Gasteiger partial charge on any atom is 0.278 e. The largest absolute Gasteiger partial charge is 0.369 e. The average molecular weight is 578 g/mol. The lowest BCUT2D eigenvalue weighted by molar-refractivity contribution is 0.312. The van der Waals surface area contributed by atoms with Crippen molar-refractivity contribution in [3.05, 3.63) is 76.9 Å². The minimum absolute atomic E-state index is 0.0861. The SMILES string of the molecule is C=CCn1c(=O)c2cnc(Nc3ccc(N4CCN(C)CC4)c(C)c3)nc2n1-c1cccc(CN(C)S(C)(=O)=O)n1. The lowest BCUT2D eigenvalue weighted by Crippen LogP contribution is -2.44. The van der Waals surface area contributed by atoms with Crippen molar-refractivity contribution in [3.63, 3.8) is 0 Å². The van der Waals surface area contributed by atoms with Crippen LogP contribution in [-0.4, -0.2) is 88.5 Å². The number of rotatable bonds is 9. The molecule has 1 N–H and O–H groups in total. The van der Waals surface area contributed by atoms with Crippen LogP contribution in [0.5, 0.6) is 0 Å². The lowest BCUT2D eigenvalue weighted by Gasteiger charge is -2.35. The highest BCUT2D eigenvalue weighted by atomic mass is 32.2. The Morgan fingerprint density at radius 1 is 1.12 bits per heavy atom. The lowest BCUT2D eigenvalue weighted by atomic mass is 10.1. The Labute approximate surface area is 239 Å². The molecule has 0 atom stereocenters. The summed E-state index contributed by atoms with van der Waals surface area (Å²) in [4.78, 5) is 31.8. The summed E-state index contributed by atoms with van der Waals surface area (Å²) >= 11 is 0. The van der Waals surface area contributed by atoms with Gasteiger partial charge in [0.05, 0.1) is 25.0 Å². The maximum atomic E-state index is 13.3. The summed E-state index contributed by atoms with van der Waals surface area (Å²) in [6.45, 7) is 10.2. The normalized spacial score (nSPS) is 14.6. The second kappa shape index (κ2) is 11.4. The molecule has 0 bridgehead atoms. The fourth-order valence-corrected chi connectivity index (χ4v) is 5.26. The number of aromatic nitrogens is 5. The van der Waals surface area contributed by atoms with Gasteiger partial charge in [0.2, 0.25) is 16.0 Å². The highest BCUT2D eigenvalue weighted by Gasteiger charge is 2.20. The third-order valence-corrected chi connectivity index (χ3v) is 8.50. The molecular formula is C28H35N9O3S. The molecule has 1 aromatic carbocycles. The van der Waals surface area contributed by atoms with Crippen molar-refractivity contribution in [1.29, 1.82) is 0 Å². The van der Waals surface area contributed by atoms with Gasteiger partial charge < -0.3 is 15.1 Å². The second-order valence-electron chi connectivity index (χ2n) is 10.3. The molecule has 5 rings (SSSR count). The Bertz CT molecular complexity index is 1760. The van der Waals surface area contributed by atoms with Gasteiger partial charge in [-0.2, -0.15) is 9.29 Å². The highest BCUT2D eigenvalue weighted by molar-refractivity contribution is 7.88. The molecular weight excluding hydrogens is 542 g/mol. The molecule has 13 heteroatoms. The number of hydrogen-bond acceptors (Lipinski definition) is 9. The Morgan fingerprint density at radius 2 is 1.88 bits per heavy atom. The van der Waals surface area contributed by atoms with Gasteiger partial charge in [-0.3, -0.25) is 4.79 Å². The van der Waals surface area contributed by atoms with Crippen molar-refractivity contribution in [2.45, 2.75) is 20.0 Å². The fraction of sp³-hybridized carbons (Fsp3) is 0.357. The molecule has 0 saturated carbocycles. The van der Waals surface area contributed by atoms with E-state index in [1.807, 2.05) is 6.07 Å². The van der Waals surface area contributed by atoms with Gasteiger partial charge in [0.15, 0.2) is 11.5 Å². The zero-order chi connectivity index (χ0) is 29.3. The number of hydrogen-bond donors (Lipinski definition) is 1. The van der Waals surface area contributed by atoms with Crippen LogP contribution in [0.2, 0.25) is 0 Å². The van der Waals surface area contributed by atoms with Crippen LogP contribution in [0.4, 0.5) is 17.3 Å². The number of benzene rings is 1. The number of nitrogens with one attached hydrogen (secondary N) is 1. The van der Waals surface area contributed by atoms with Crippen molar-refractivity contribution >= 4 is 38.4 Å². The molecule has 4 heterocycles. The van der Waals surface area contributed by atoms with E-state index in [9.17, 15) is 13.2 Å². The first kappa shape index (κ1) is 28.5. The van der Waals surface area contributed by atoms with Crippen LogP contribution in [0, 0.1) is 6.92 Å². The number of allylic oxidation sites excluding steroid dienone is 1. The van der Waals surface area contributed by atoms with Crippen LogP contribution in [0.3, 0.4) is 0 Å². The van der Waals surface area contributed by atoms with Crippen LogP contribution in [0.1, 0.15) is 11.3 Å². The topological polar surface area (TPSA) is 121 Å². The Hall–Kier alpha value is -4.07. The van der Waals surface area contributed by atoms with Crippen LogP contribution in [0.15, 0.2) is 60.0 Å². The molecule has 0 amide bonds. The van der Waals surface area contributed by atoms with E-state index in [4.69, 9.17) is 4.98 Å². The van der Waals surface area contributed by atoms with E-state index in [1.54, 1.807) is 29.0 Å². The average Bonchev–Trinajstić information content (AvgIpc) is 3.20. The van der Waals surface area contributed by atoms with E-state index in [0.29, 0.717) is 28.5 Å². The van der Waals surface area contributed by atoms with Gasteiger partial charge in [0, 0.05) is 50.8 Å². The van der Waals surface area contributed by atoms with Crippen molar-refractivity contribution in [1.82, 2.24) is 33.5 Å². The molecule has 1 saturated heterocycles. The standard InChI is InChI=1S/C28H35N9O3S/c1-6-12-36-27(38)23-18-29-28(31-21-10-11-24(20(2)17-21)35-15-13-33(3)14-16-35)32-26(23)37(36)25-9-7-8-22(30-25)19-34(4)41(5,39)40/h6-11,17-18H,1,12-16,19H2,2-5H3,(H,29,31,32). The maximum absolute atomic E-state index is 13.3. The fourth-order valence-electron chi connectivity index (χ4n) is 4.89. The van der Waals surface area contributed by atoms with Gasteiger partial charge >= 0.3 is 0 Å². The van der Waals surface area contributed by atoms with E-state index in [1.165, 1.54) is 27.9 Å². The molecule has 4 aromatic rings. The molecule has 0 unspecified atom stereocenters. The van der Waals surface area contributed by atoms with Crippen molar-refractivity contribution in [2.24, 2.45) is 0 Å². The van der Waals surface area contributed by atoms with Crippen molar-refractivity contribution in [2.75, 3.05) is 56.7 Å². The third kappa shape index (κ3) is 6.01. The quantitative estimate of drug-likeness (QED) is 0.299. The van der Waals surface area contributed by atoms with Crippen molar-refractivity contribution in [3.8, 4) is 5.82 Å². The number of fused-ring (bicyclic) bond motifs is 1. The number of anilines is 3. The number of likely N-dealkylation sites (N-methyl/N-ethyl adjacent to an activating group) is 1. The zero-order valence-electron chi connectivity index (χ0n) is 23.8. The first-order valence-electron chi connectivity index (χ1n) is 13.3. The summed E-state index contributed by atoms with van der Waals surface area (Å²) in [6, 6.07) is 11.4. The molecule has 0 spiro atoms. The molecule has 216 valence electrons. The smallest absolute Gasteiger partial charge is 0.278 e. The first-order chi connectivity index (χ1) is 19.5. The molecule has 0 radical (unpaired) electrons. The summed E-state index contributed by atoms with van der Waals surface area (Å²) in [7, 11) is 0.244. The van der Waals surface area contributed by atoms with Gasteiger partial charge in [-0.15, -0.1) is 6.58 Å². The van der Waals surface area contributed by atoms with E-state index in [0.717, 1.165) is 43.7 Å². The summed E-state index contributed by atoms with van der Waals surface area (Å²) in [5, 5.41) is 3.61.